The third-order valence-corrected chi connectivity index (χ3v) is 3.34. The van der Waals surface area contributed by atoms with E-state index in [4.69, 9.17) is 0 Å². The number of hydrogen-bond donors (Lipinski definition) is 2. The molecule has 0 atom stereocenters. The zero-order chi connectivity index (χ0) is 12.5. The average molecular weight is 253 g/mol. The van der Waals surface area contributed by atoms with Gasteiger partial charge in [0.2, 0.25) is 0 Å². The molecule has 0 radical (unpaired) electrons. The standard InChI is InChI=1S/C13H23N3S/c1-4-6-9-15-13(14-5-2)16-10-12-8-7-11(3)17-12/h7-8H,4-6,9-10H2,1-3H3,(H2,14,15,16). The molecule has 0 saturated carbocycles. The predicted octanol–water partition coefficient (Wildman–Crippen LogP) is 2.91. The first kappa shape index (κ1) is 14.0. The molecular weight excluding hydrogens is 230 g/mol. The summed E-state index contributed by atoms with van der Waals surface area (Å²) in [5.41, 5.74) is 0. The van der Waals surface area contributed by atoms with Crippen molar-refractivity contribution in [3.05, 3.63) is 21.9 Å². The molecule has 0 saturated heterocycles. The molecule has 0 spiro atoms. The van der Waals surface area contributed by atoms with E-state index in [9.17, 15) is 0 Å². The second-order valence-electron chi connectivity index (χ2n) is 3.99. The fourth-order valence-electron chi connectivity index (χ4n) is 1.45. The van der Waals surface area contributed by atoms with Crippen LogP contribution >= 0.6 is 11.3 Å². The van der Waals surface area contributed by atoms with Gasteiger partial charge in [0.05, 0.1) is 6.54 Å². The quantitative estimate of drug-likeness (QED) is 0.464. The molecule has 1 aromatic rings. The van der Waals surface area contributed by atoms with Crippen LogP contribution in [-0.2, 0) is 6.54 Å². The Balaban J connectivity index is 2.44. The fraction of sp³-hybridized carbons (Fsp3) is 0.615. The molecule has 1 heterocycles. The minimum absolute atomic E-state index is 0.764. The Morgan fingerprint density at radius 1 is 1.29 bits per heavy atom. The van der Waals surface area contributed by atoms with Gasteiger partial charge in [-0.25, -0.2) is 4.99 Å². The van der Waals surface area contributed by atoms with Gasteiger partial charge in [0.15, 0.2) is 5.96 Å². The number of guanidine groups is 1. The van der Waals surface area contributed by atoms with Crippen LogP contribution in [0.15, 0.2) is 17.1 Å². The molecule has 1 rings (SSSR count). The highest BCUT2D eigenvalue weighted by atomic mass is 32.1. The van der Waals surface area contributed by atoms with Crippen molar-refractivity contribution in [3.8, 4) is 0 Å². The molecule has 0 aliphatic heterocycles. The first-order valence-corrected chi connectivity index (χ1v) is 7.15. The first-order chi connectivity index (χ1) is 8.26. The Hall–Kier alpha value is -1.03. The van der Waals surface area contributed by atoms with Crippen molar-refractivity contribution in [2.45, 2.75) is 40.2 Å². The summed E-state index contributed by atoms with van der Waals surface area (Å²) in [4.78, 5) is 7.24. The molecular formula is C13H23N3S. The van der Waals surface area contributed by atoms with E-state index in [-0.39, 0.29) is 0 Å². The van der Waals surface area contributed by atoms with Gasteiger partial charge in [-0.2, -0.15) is 0 Å². The van der Waals surface area contributed by atoms with Crippen molar-refractivity contribution < 1.29 is 0 Å². The van der Waals surface area contributed by atoms with Crippen molar-refractivity contribution in [3.63, 3.8) is 0 Å². The highest BCUT2D eigenvalue weighted by molar-refractivity contribution is 7.11. The van der Waals surface area contributed by atoms with E-state index in [1.165, 1.54) is 22.6 Å². The van der Waals surface area contributed by atoms with Crippen molar-refractivity contribution >= 4 is 17.3 Å². The van der Waals surface area contributed by atoms with Crippen molar-refractivity contribution in [1.82, 2.24) is 10.6 Å². The lowest BCUT2D eigenvalue weighted by molar-refractivity contribution is 0.730. The fourth-order valence-corrected chi connectivity index (χ4v) is 2.27. The lowest BCUT2D eigenvalue weighted by atomic mass is 10.3. The Morgan fingerprint density at radius 3 is 2.71 bits per heavy atom. The summed E-state index contributed by atoms with van der Waals surface area (Å²) in [5, 5.41) is 6.60. The van der Waals surface area contributed by atoms with Gasteiger partial charge in [-0.3, -0.25) is 0 Å². The number of unbranched alkanes of at least 4 members (excludes halogenated alkanes) is 1. The largest absolute Gasteiger partial charge is 0.357 e. The molecule has 0 fully saturated rings. The van der Waals surface area contributed by atoms with E-state index < -0.39 is 0 Å². The van der Waals surface area contributed by atoms with Crippen molar-refractivity contribution in [2.75, 3.05) is 13.1 Å². The summed E-state index contributed by atoms with van der Waals surface area (Å²) in [5.74, 6) is 0.923. The van der Waals surface area contributed by atoms with Crippen LogP contribution in [-0.4, -0.2) is 19.0 Å². The van der Waals surface area contributed by atoms with E-state index in [0.29, 0.717) is 0 Å². The summed E-state index contributed by atoms with van der Waals surface area (Å²) >= 11 is 1.81. The van der Waals surface area contributed by atoms with Gasteiger partial charge in [-0.15, -0.1) is 11.3 Å². The number of nitrogens with zero attached hydrogens (tertiary/aromatic N) is 1. The second kappa shape index (κ2) is 8.12. The SMILES string of the molecule is CCCCNC(=NCc1ccc(C)s1)NCC. The summed E-state index contributed by atoms with van der Waals surface area (Å²) < 4.78 is 0. The molecule has 17 heavy (non-hydrogen) atoms. The van der Waals surface area contributed by atoms with E-state index in [1.807, 2.05) is 11.3 Å². The Kier molecular flexibility index (Phi) is 6.70. The predicted molar refractivity (Wildman–Crippen MR) is 76.8 cm³/mol. The van der Waals surface area contributed by atoms with E-state index in [0.717, 1.165) is 25.6 Å². The minimum Gasteiger partial charge on any atom is -0.357 e. The van der Waals surface area contributed by atoms with Gasteiger partial charge in [-0.05, 0) is 32.4 Å². The highest BCUT2D eigenvalue weighted by Crippen LogP contribution is 2.15. The summed E-state index contributed by atoms with van der Waals surface area (Å²) in [6, 6.07) is 4.30. The summed E-state index contributed by atoms with van der Waals surface area (Å²) in [6.45, 7) is 9.07. The second-order valence-corrected chi connectivity index (χ2v) is 5.36. The molecule has 1 aromatic heterocycles. The van der Waals surface area contributed by atoms with Crippen LogP contribution in [0, 0.1) is 6.92 Å². The van der Waals surface area contributed by atoms with Gasteiger partial charge >= 0.3 is 0 Å². The van der Waals surface area contributed by atoms with Crippen LogP contribution < -0.4 is 10.6 Å². The first-order valence-electron chi connectivity index (χ1n) is 6.33. The Bertz CT molecular complexity index is 344. The maximum absolute atomic E-state index is 4.57. The van der Waals surface area contributed by atoms with Gasteiger partial charge in [-0.1, -0.05) is 13.3 Å². The Labute approximate surface area is 108 Å². The summed E-state index contributed by atoms with van der Waals surface area (Å²) in [7, 11) is 0. The van der Waals surface area contributed by atoms with Crippen LogP contribution in [0.25, 0.3) is 0 Å². The lowest BCUT2D eigenvalue weighted by Gasteiger charge is -2.10. The number of thiophene rings is 1. The van der Waals surface area contributed by atoms with Crippen molar-refractivity contribution in [1.29, 1.82) is 0 Å². The third-order valence-electron chi connectivity index (χ3n) is 2.36. The van der Waals surface area contributed by atoms with Crippen LogP contribution in [0.4, 0.5) is 0 Å². The number of aryl methyl sites for hydroxylation is 1. The van der Waals surface area contributed by atoms with Gasteiger partial charge in [0, 0.05) is 22.8 Å². The zero-order valence-electron chi connectivity index (χ0n) is 11.0. The number of aliphatic imine (C=N–C) groups is 1. The topological polar surface area (TPSA) is 36.4 Å². The Morgan fingerprint density at radius 2 is 2.12 bits per heavy atom. The molecule has 0 aromatic carbocycles. The van der Waals surface area contributed by atoms with Gasteiger partial charge in [0.1, 0.15) is 0 Å². The zero-order valence-corrected chi connectivity index (χ0v) is 11.9. The summed E-state index contributed by atoms with van der Waals surface area (Å²) in [6.07, 6.45) is 2.39. The smallest absolute Gasteiger partial charge is 0.191 e. The maximum Gasteiger partial charge on any atom is 0.191 e. The lowest BCUT2D eigenvalue weighted by Crippen LogP contribution is -2.37. The molecule has 0 aliphatic carbocycles. The molecule has 4 heteroatoms. The van der Waals surface area contributed by atoms with Crippen LogP contribution in [0.3, 0.4) is 0 Å². The molecule has 0 aliphatic rings. The minimum atomic E-state index is 0.764. The third kappa shape index (κ3) is 5.73. The number of nitrogens with one attached hydrogen (secondary N) is 2. The van der Waals surface area contributed by atoms with Gasteiger partial charge in [0.25, 0.3) is 0 Å². The monoisotopic (exact) mass is 253 g/mol. The molecule has 3 nitrogen and oxygen atoms in total. The van der Waals surface area contributed by atoms with Crippen LogP contribution in [0.2, 0.25) is 0 Å². The van der Waals surface area contributed by atoms with Crippen LogP contribution in [0.1, 0.15) is 36.4 Å². The van der Waals surface area contributed by atoms with E-state index in [2.05, 4.69) is 48.5 Å². The van der Waals surface area contributed by atoms with E-state index >= 15 is 0 Å². The normalized spacial score (nSPS) is 11.6. The molecule has 0 unspecified atom stereocenters. The van der Waals surface area contributed by atoms with Crippen LogP contribution in [0.5, 0.6) is 0 Å². The maximum atomic E-state index is 4.57. The molecule has 0 amide bonds. The molecule has 0 bridgehead atoms. The number of rotatable bonds is 6. The van der Waals surface area contributed by atoms with Gasteiger partial charge < -0.3 is 10.6 Å². The molecule has 96 valence electrons. The molecule has 2 N–H and O–H groups in total. The van der Waals surface area contributed by atoms with E-state index in [1.54, 1.807) is 0 Å². The van der Waals surface area contributed by atoms with Crippen molar-refractivity contribution in [2.24, 2.45) is 4.99 Å². The highest BCUT2D eigenvalue weighted by Gasteiger charge is 1.98. The average Bonchev–Trinajstić information content (AvgIpc) is 2.72. The number of hydrogen-bond acceptors (Lipinski definition) is 2.